The van der Waals surface area contributed by atoms with E-state index in [1.807, 2.05) is 27.7 Å². The minimum absolute atomic E-state index is 0.0348. The summed E-state index contributed by atoms with van der Waals surface area (Å²) in [6.45, 7) is 19.0. The van der Waals surface area contributed by atoms with Crippen molar-refractivity contribution in [1.82, 2.24) is 0 Å². The van der Waals surface area contributed by atoms with Crippen LogP contribution in [0, 0.1) is 11.8 Å². The predicted octanol–water partition coefficient (Wildman–Crippen LogP) is 9.33. The Hall–Kier alpha value is -0.940. The zero-order valence-corrected chi connectivity index (χ0v) is 23.4. The van der Waals surface area contributed by atoms with E-state index in [1.54, 1.807) is 6.92 Å². The molecule has 1 heterocycles. The molecule has 5 heteroatoms. The summed E-state index contributed by atoms with van der Waals surface area (Å²) in [5.74, 6) is -1.35. The molecule has 33 heavy (non-hydrogen) atoms. The van der Waals surface area contributed by atoms with Crippen LogP contribution in [-0.2, 0) is 14.2 Å². The van der Waals surface area contributed by atoms with E-state index >= 15 is 0 Å². The predicted molar refractivity (Wildman–Crippen MR) is 138 cm³/mol. The monoisotopic (exact) mass is 476 g/mol. The lowest BCUT2D eigenvalue weighted by Gasteiger charge is -2.29. The van der Waals surface area contributed by atoms with E-state index in [9.17, 15) is 8.78 Å². The second-order valence-corrected chi connectivity index (χ2v) is 8.94. The number of unbranched alkanes of at least 4 members (excludes halogenated alkanes) is 1. The molecule has 0 spiro atoms. The van der Waals surface area contributed by atoms with Crippen LogP contribution in [0.25, 0.3) is 0 Å². The molecule has 0 N–H and O–H groups in total. The third-order valence-electron chi connectivity index (χ3n) is 5.86. The van der Waals surface area contributed by atoms with Crippen molar-refractivity contribution in [3.05, 3.63) is 23.0 Å². The topological polar surface area (TPSA) is 27.7 Å². The van der Waals surface area contributed by atoms with Gasteiger partial charge < -0.3 is 14.2 Å². The van der Waals surface area contributed by atoms with Crippen LogP contribution in [0.15, 0.2) is 23.0 Å². The lowest BCUT2D eigenvalue weighted by molar-refractivity contribution is -0.0578. The summed E-state index contributed by atoms with van der Waals surface area (Å²) in [5, 5.41) is 0. The number of allylic oxidation sites excluding steroid dienone is 4. The van der Waals surface area contributed by atoms with Crippen molar-refractivity contribution in [2.75, 3.05) is 20.3 Å². The Kier molecular flexibility index (Phi) is 22.4. The van der Waals surface area contributed by atoms with Crippen molar-refractivity contribution in [3.63, 3.8) is 0 Å². The van der Waals surface area contributed by atoms with Crippen molar-refractivity contribution >= 4 is 0 Å². The van der Waals surface area contributed by atoms with Gasteiger partial charge in [-0.05, 0) is 64.4 Å². The molecule has 3 nitrogen and oxygen atoms in total. The number of methoxy groups -OCH3 is 1. The van der Waals surface area contributed by atoms with Crippen LogP contribution < -0.4 is 0 Å². The van der Waals surface area contributed by atoms with Gasteiger partial charge in [-0.1, -0.05) is 60.8 Å². The first kappa shape index (κ1) is 34.2. The van der Waals surface area contributed by atoms with E-state index in [1.165, 1.54) is 39.7 Å². The number of hydrogen-bond acceptors (Lipinski definition) is 3. The Morgan fingerprint density at radius 3 is 2.09 bits per heavy atom. The van der Waals surface area contributed by atoms with E-state index < -0.39 is 11.7 Å². The lowest BCUT2D eigenvalue weighted by Crippen LogP contribution is -2.29. The molecule has 1 fully saturated rings. The van der Waals surface area contributed by atoms with Gasteiger partial charge in [-0.15, -0.1) is 0 Å². The molecule has 0 aromatic carbocycles. The average Bonchev–Trinajstić information content (AvgIpc) is 2.85. The fraction of sp³-hybridized carbons (Fsp3) is 0.857. The molecule has 0 aromatic heterocycles. The summed E-state index contributed by atoms with van der Waals surface area (Å²) >= 11 is 0. The highest BCUT2D eigenvalue weighted by Crippen LogP contribution is 2.29. The summed E-state index contributed by atoms with van der Waals surface area (Å²) in [6, 6.07) is 0. The Bertz CT molecular complexity index is 523. The summed E-state index contributed by atoms with van der Waals surface area (Å²) < 4.78 is 44.9. The maximum atomic E-state index is 14.2. The molecule has 0 amide bonds. The third kappa shape index (κ3) is 15.6. The standard InChI is InChI=1S/C23H40F2O3.C3H8.C2H6/c1-7-8-9-21-13-12-20(15-28-21)14-27-17(3)11-10-16(2)18(4)22(24)23(25)19(5)26-6;1-3-2;1-2/h16-17,20-21H,7-15H2,1-6H3;3H2,1-2H3;1-2H3/b22-18-,23-19-;;. The number of rotatable bonds is 12. The van der Waals surface area contributed by atoms with Crippen LogP contribution in [0.1, 0.15) is 114 Å². The van der Waals surface area contributed by atoms with Gasteiger partial charge in [0.2, 0.25) is 0 Å². The van der Waals surface area contributed by atoms with Gasteiger partial charge in [-0.25, -0.2) is 8.78 Å². The summed E-state index contributed by atoms with van der Waals surface area (Å²) in [7, 11) is 1.34. The van der Waals surface area contributed by atoms with Crippen LogP contribution in [0.4, 0.5) is 8.78 Å². The molecule has 4 unspecified atom stereocenters. The van der Waals surface area contributed by atoms with Crippen LogP contribution in [0.5, 0.6) is 0 Å². The fourth-order valence-corrected chi connectivity index (χ4v) is 3.37. The minimum Gasteiger partial charge on any atom is -0.498 e. The van der Waals surface area contributed by atoms with Gasteiger partial charge in [-0.3, -0.25) is 0 Å². The molecular weight excluding hydrogens is 422 g/mol. The van der Waals surface area contributed by atoms with Gasteiger partial charge in [0.05, 0.1) is 32.5 Å². The van der Waals surface area contributed by atoms with Gasteiger partial charge in [0.15, 0.2) is 11.7 Å². The molecule has 0 aromatic rings. The average molecular weight is 477 g/mol. The first-order chi connectivity index (χ1) is 15.7. The molecular formula is C28H54F2O3. The highest BCUT2D eigenvalue weighted by atomic mass is 19.2. The lowest BCUT2D eigenvalue weighted by atomic mass is 9.94. The zero-order valence-electron chi connectivity index (χ0n) is 23.4. The SMILES string of the molecule is CC.CCC.CCCCC1CCC(COC(C)CCC(C)/C(C)=C(F)/C(F)=C(\C)OC)CO1. The normalized spacial score (nSPS) is 21.3. The Morgan fingerprint density at radius 1 is 1.00 bits per heavy atom. The highest BCUT2D eigenvalue weighted by Gasteiger charge is 2.22. The van der Waals surface area contributed by atoms with E-state index in [-0.39, 0.29) is 17.8 Å². The van der Waals surface area contributed by atoms with Crippen molar-refractivity contribution in [2.24, 2.45) is 11.8 Å². The molecule has 1 aliphatic heterocycles. The van der Waals surface area contributed by atoms with Crippen LogP contribution >= 0.6 is 0 Å². The maximum Gasteiger partial charge on any atom is 0.195 e. The Balaban J connectivity index is 0. The van der Waals surface area contributed by atoms with Crippen LogP contribution in [0.3, 0.4) is 0 Å². The summed E-state index contributed by atoms with van der Waals surface area (Å²) in [6.07, 6.45) is 9.25. The smallest absolute Gasteiger partial charge is 0.195 e. The first-order valence-electron chi connectivity index (χ1n) is 13.2. The van der Waals surface area contributed by atoms with Crippen LogP contribution in [-0.4, -0.2) is 32.5 Å². The van der Waals surface area contributed by atoms with Gasteiger partial charge >= 0.3 is 0 Å². The van der Waals surface area contributed by atoms with Gasteiger partial charge in [-0.2, -0.15) is 0 Å². The van der Waals surface area contributed by atoms with Crippen molar-refractivity contribution < 1.29 is 23.0 Å². The minimum atomic E-state index is -0.911. The molecule has 1 rings (SSSR count). The molecule has 0 bridgehead atoms. The molecule has 0 radical (unpaired) electrons. The zero-order chi connectivity index (χ0) is 25.8. The van der Waals surface area contributed by atoms with E-state index in [2.05, 4.69) is 20.8 Å². The van der Waals surface area contributed by atoms with Gasteiger partial charge in [0.25, 0.3) is 0 Å². The highest BCUT2D eigenvalue weighted by molar-refractivity contribution is 5.27. The fourth-order valence-electron chi connectivity index (χ4n) is 3.37. The van der Waals surface area contributed by atoms with Gasteiger partial charge in [0, 0.05) is 5.92 Å². The molecule has 1 aliphatic rings. The quantitative estimate of drug-likeness (QED) is 0.207. The summed E-state index contributed by atoms with van der Waals surface area (Å²) in [4.78, 5) is 0. The van der Waals surface area contributed by atoms with Crippen LogP contribution in [0.2, 0.25) is 0 Å². The third-order valence-corrected chi connectivity index (χ3v) is 5.86. The van der Waals surface area contributed by atoms with E-state index in [0.717, 1.165) is 32.3 Å². The Labute approximate surface area is 204 Å². The number of hydrogen-bond donors (Lipinski definition) is 0. The van der Waals surface area contributed by atoms with Crippen molar-refractivity contribution in [2.45, 2.75) is 126 Å². The van der Waals surface area contributed by atoms with E-state index in [0.29, 0.717) is 24.2 Å². The first-order valence-corrected chi connectivity index (χ1v) is 13.2. The number of ether oxygens (including phenoxy) is 3. The molecule has 198 valence electrons. The van der Waals surface area contributed by atoms with Gasteiger partial charge in [0.1, 0.15) is 5.76 Å². The Morgan fingerprint density at radius 2 is 1.61 bits per heavy atom. The second-order valence-electron chi connectivity index (χ2n) is 8.94. The largest absolute Gasteiger partial charge is 0.498 e. The number of halogens is 2. The van der Waals surface area contributed by atoms with Crippen molar-refractivity contribution in [1.29, 1.82) is 0 Å². The maximum absolute atomic E-state index is 14.2. The second kappa shape index (κ2) is 21.6. The molecule has 0 aliphatic carbocycles. The molecule has 1 saturated heterocycles. The summed E-state index contributed by atoms with van der Waals surface area (Å²) in [5.41, 5.74) is 0.417. The molecule has 4 atom stereocenters. The van der Waals surface area contributed by atoms with Crippen molar-refractivity contribution in [3.8, 4) is 0 Å². The molecule has 0 saturated carbocycles. The van der Waals surface area contributed by atoms with E-state index in [4.69, 9.17) is 14.2 Å².